The molecule has 0 saturated carbocycles. The van der Waals surface area contributed by atoms with Crippen LogP contribution in [0.4, 0.5) is 0 Å². The Kier molecular flexibility index (Phi) is 6.86. The van der Waals surface area contributed by atoms with Gasteiger partial charge in [0.2, 0.25) is 12.3 Å². The van der Waals surface area contributed by atoms with Gasteiger partial charge in [0.05, 0.1) is 12.0 Å². The lowest BCUT2D eigenvalue weighted by Gasteiger charge is -2.30. The van der Waals surface area contributed by atoms with Gasteiger partial charge in [0.25, 0.3) is 0 Å². The molecule has 2 amide bonds. The summed E-state index contributed by atoms with van der Waals surface area (Å²) in [6.45, 7) is 3.79. The first-order valence-corrected chi connectivity index (χ1v) is 9.00. The monoisotopic (exact) mass is 334 g/mol. The van der Waals surface area contributed by atoms with Crippen LogP contribution in [-0.2, 0) is 19.1 Å². The highest BCUT2D eigenvalue weighted by molar-refractivity contribution is 8.00. The van der Waals surface area contributed by atoms with Crippen molar-refractivity contribution in [1.82, 2.24) is 10.2 Å². The summed E-state index contributed by atoms with van der Waals surface area (Å²) in [7, 11) is 1.30. The van der Waals surface area contributed by atoms with Gasteiger partial charge in [-0.1, -0.05) is 0 Å². The quantitative estimate of drug-likeness (QED) is 0.546. The molecule has 2 atom stereocenters. The van der Waals surface area contributed by atoms with E-state index in [0.29, 0.717) is 18.6 Å². The number of hydrogen-bond donors (Lipinski definition) is 1. The number of rotatable bonds is 7. The Morgan fingerprint density at radius 2 is 2.24 bits per heavy atom. The van der Waals surface area contributed by atoms with Gasteiger partial charge in [-0.25, -0.2) is 4.79 Å². The van der Waals surface area contributed by atoms with Gasteiger partial charge in [0.1, 0.15) is 12.1 Å². The highest BCUT2D eigenvalue weighted by atomic mass is 32.2. The number of methoxy groups -OCH3 is 1. The zero-order valence-corrected chi connectivity index (χ0v) is 14.4. The van der Waals surface area contributed by atoms with Gasteiger partial charge in [-0.15, -0.1) is 11.8 Å². The summed E-state index contributed by atoms with van der Waals surface area (Å²) in [5, 5.41) is 2.71. The molecule has 0 spiro atoms. The molecule has 1 aliphatic heterocycles. The average molecular weight is 334 g/mol. The lowest BCUT2D eigenvalue weighted by molar-refractivity contribution is -0.146. The summed E-state index contributed by atoms with van der Waals surface area (Å²) < 4.78 is 4.72. The third-order valence-corrected chi connectivity index (χ3v) is 5.42. The minimum Gasteiger partial charge on any atom is -0.467 e. The number of esters is 1. The molecule has 21 heavy (non-hydrogen) atoms. The van der Waals surface area contributed by atoms with E-state index in [1.807, 2.05) is 20.1 Å². The summed E-state index contributed by atoms with van der Waals surface area (Å²) in [5.41, 5.74) is 0. The smallest absolute Gasteiger partial charge is 0.328 e. The van der Waals surface area contributed by atoms with Crippen molar-refractivity contribution in [3.8, 4) is 0 Å². The summed E-state index contributed by atoms with van der Waals surface area (Å²) in [6.07, 6.45) is 3.13. The Balaban J connectivity index is 2.73. The number of hydrogen-bond acceptors (Lipinski definition) is 6. The van der Waals surface area contributed by atoms with Crippen LogP contribution in [0, 0.1) is 0 Å². The van der Waals surface area contributed by atoms with E-state index in [2.05, 4.69) is 5.32 Å². The summed E-state index contributed by atoms with van der Waals surface area (Å²) in [4.78, 5) is 36.4. The third-order valence-electron chi connectivity index (χ3n) is 3.38. The second kappa shape index (κ2) is 7.93. The van der Waals surface area contributed by atoms with E-state index < -0.39 is 22.9 Å². The maximum atomic E-state index is 12.4. The van der Waals surface area contributed by atoms with Crippen molar-refractivity contribution in [3.63, 3.8) is 0 Å². The van der Waals surface area contributed by atoms with Crippen molar-refractivity contribution >= 4 is 41.8 Å². The molecule has 1 fully saturated rings. The maximum Gasteiger partial charge on any atom is 0.328 e. The first-order valence-electron chi connectivity index (χ1n) is 6.62. The van der Waals surface area contributed by atoms with E-state index in [9.17, 15) is 14.4 Å². The van der Waals surface area contributed by atoms with Crippen LogP contribution in [0.15, 0.2) is 0 Å². The summed E-state index contributed by atoms with van der Waals surface area (Å²) in [5.74, 6) is 0.493. The molecule has 0 aromatic rings. The maximum absolute atomic E-state index is 12.4. The lowest BCUT2D eigenvalue weighted by atomic mass is 10.1. The van der Waals surface area contributed by atoms with Crippen molar-refractivity contribution < 1.29 is 19.1 Å². The van der Waals surface area contributed by atoms with Crippen LogP contribution >= 0.6 is 23.5 Å². The van der Waals surface area contributed by atoms with Gasteiger partial charge >= 0.3 is 5.97 Å². The number of ether oxygens (including phenoxy) is 1. The van der Waals surface area contributed by atoms with Crippen LogP contribution in [0.2, 0.25) is 0 Å². The van der Waals surface area contributed by atoms with E-state index in [0.717, 1.165) is 5.75 Å². The normalized spacial score (nSPS) is 21.7. The molecule has 0 aromatic carbocycles. The predicted molar refractivity (Wildman–Crippen MR) is 85.2 cm³/mol. The molecule has 0 radical (unpaired) electrons. The Hall–Kier alpha value is -0.890. The SMILES string of the molecule is COC(=O)[C@H](CCSC)NC(=O)[C@H]1CSC(C)(C)N1C=O. The number of carbonyl (C=O) groups is 3. The predicted octanol–water partition coefficient (Wildman–Crippen LogP) is 0.707. The van der Waals surface area contributed by atoms with Gasteiger partial charge in [0, 0.05) is 5.75 Å². The zero-order chi connectivity index (χ0) is 16.0. The number of nitrogens with zero attached hydrogens (tertiary/aromatic N) is 1. The molecule has 0 aromatic heterocycles. The third kappa shape index (κ3) is 4.54. The molecular weight excluding hydrogens is 312 g/mol. The van der Waals surface area contributed by atoms with E-state index in [4.69, 9.17) is 4.74 Å². The summed E-state index contributed by atoms with van der Waals surface area (Å²) in [6, 6.07) is -1.22. The highest BCUT2D eigenvalue weighted by Gasteiger charge is 2.43. The molecule has 1 rings (SSSR count). The number of carbonyl (C=O) groups excluding carboxylic acids is 3. The fourth-order valence-electron chi connectivity index (χ4n) is 2.11. The molecule has 8 heteroatoms. The van der Waals surface area contributed by atoms with Crippen LogP contribution in [0.3, 0.4) is 0 Å². The Morgan fingerprint density at radius 1 is 1.57 bits per heavy atom. The minimum absolute atomic E-state index is 0.309. The standard InChI is InChI=1S/C13H22N2O4S2/c1-13(2)15(8-16)10(7-21-13)11(17)14-9(5-6-20-4)12(18)19-3/h8-10H,5-7H2,1-4H3,(H,14,17)/t9-,10+/m0/s1. The molecule has 6 nitrogen and oxygen atoms in total. The fourth-order valence-corrected chi connectivity index (χ4v) is 3.78. The van der Waals surface area contributed by atoms with Gasteiger partial charge in [-0.3, -0.25) is 9.59 Å². The van der Waals surface area contributed by atoms with Crippen molar-refractivity contribution in [2.75, 3.05) is 24.9 Å². The highest BCUT2D eigenvalue weighted by Crippen LogP contribution is 2.37. The van der Waals surface area contributed by atoms with Crippen LogP contribution < -0.4 is 5.32 Å². The number of thioether (sulfide) groups is 2. The van der Waals surface area contributed by atoms with Crippen LogP contribution in [0.25, 0.3) is 0 Å². The molecule has 0 aliphatic carbocycles. The summed E-state index contributed by atoms with van der Waals surface area (Å²) >= 11 is 3.13. The molecule has 0 unspecified atom stereocenters. The van der Waals surface area contributed by atoms with Crippen LogP contribution in [-0.4, -0.2) is 65.0 Å². The lowest BCUT2D eigenvalue weighted by Crippen LogP contribution is -2.53. The molecular formula is C13H22N2O4S2. The molecule has 1 heterocycles. The van der Waals surface area contributed by atoms with Crippen molar-refractivity contribution in [1.29, 1.82) is 0 Å². The molecule has 120 valence electrons. The molecule has 1 aliphatic rings. The topological polar surface area (TPSA) is 75.7 Å². The first-order chi connectivity index (χ1) is 9.87. The number of amides is 2. The van der Waals surface area contributed by atoms with Crippen molar-refractivity contribution in [3.05, 3.63) is 0 Å². The molecule has 0 bridgehead atoms. The van der Waals surface area contributed by atoms with E-state index in [1.54, 1.807) is 23.5 Å². The van der Waals surface area contributed by atoms with E-state index >= 15 is 0 Å². The second-order valence-corrected chi connectivity index (χ2v) is 7.76. The van der Waals surface area contributed by atoms with Gasteiger partial charge in [0.15, 0.2) is 0 Å². The zero-order valence-electron chi connectivity index (χ0n) is 12.8. The molecule has 1 N–H and O–H groups in total. The van der Waals surface area contributed by atoms with Crippen molar-refractivity contribution in [2.24, 2.45) is 0 Å². The van der Waals surface area contributed by atoms with E-state index in [1.165, 1.54) is 12.0 Å². The molecule has 1 saturated heterocycles. The Morgan fingerprint density at radius 3 is 2.76 bits per heavy atom. The van der Waals surface area contributed by atoms with Crippen molar-refractivity contribution in [2.45, 2.75) is 37.2 Å². The Bertz CT molecular complexity index is 404. The van der Waals surface area contributed by atoms with Gasteiger partial charge in [-0.2, -0.15) is 11.8 Å². The largest absolute Gasteiger partial charge is 0.467 e. The first kappa shape index (κ1) is 18.2. The second-order valence-electron chi connectivity index (χ2n) is 5.15. The van der Waals surface area contributed by atoms with Gasteiger partial charge in [-0.05, 0) is 32.3 Å². The van der Waals surface area contributed by atoms with Crippen LogP contribution in [0.1, 0.15) is 20.3 Å². The van der Waals surface area contributed by atoms with E-state index in [-0.39, 0.29) is 5.91 Å². The van der Waals surface area contributed by atoms with Crippen LogP contribution in [0.5, 0.6) is 0 Å². The Labute approximate surface area is 133 Å². The van der Waals surface area contributed by atoms with Gasteiger partial charge < -0.3 is 15.0 Å². The number of nitrogens with one attached hydrogen (secondary N) is 1. The fraction of sp³-hybridized carbons (Fsp3) is 0.769. The average Bonchev–Trinajstić information content (AvgIpc) is 2.76. The minimum atomic E-state index is -0.669.